The highest BCUT2D eigenvalue weighted by Gasteiger charge is 2.36. The lowest BCUT2D eigenvalue weighted by Crippen LogP contribution is -2.53. The summed E-state index contributed by atoms with van der Waals surface area (Å²) < 4.78 is 57.4. The summed E-state index contributed by atoms with van der Waals surface area (Å²) in [6.45, 7) is 9.10. The summed E-state index contributed by atoms with van der Waals surface area (Å²) in [7, 11) is 0. The topological polar surface area (TPSA) is 85.3 Å². The van der Waals surface area contributed by atoms with Gasteiger partial charge < -0.3 is 24.5 Å². The Kier molecular flexibility index (Phi) is 9.19. The number of hydrogen-bond acceptors (Lipinski definition) is 8. The van der Waals surface area contributed by atoms with Gasteiger partial charge in [0.25, 0.3) is 0 Å². The minimum atomic E-state index is -4.59. The fourth-order valence-corrected chi connectivity index (χ4v) is 6.20. The molecule has 2 saturated heterocycles. The van der Waals surface area contributed by atoms with Crippen molar-refractivity contribution in [2.45, 2.75) is 44.4 Å². The van der Waals surface area contributed by atoms with Crippen LogP contribution in [-0.4, -0.2) is 114 Å². The zero-order valence-corrected chi connectivity index (χ0v) is 24.0. The quantitative estimate of drug-likeness (QED) is 0.467. The van der Waals surface area contributed by atoms with Gasteiger partial charge in [0, 0.05) is 64.5 Å². The van der Waals surface area contributed by atoms with E-state index in [0.717, 1.165) is 50.2 Å². The lowest BCUT2D eigenvalue weighted by atomic mass is 9.95. The third-order valence-electron chi connectivity index (χ3n) is 8.57. The highest BCUT2D eigenvalue weighted by atomic mass is 19.4. The molecular formula is C29H38F4N6O3. The zero-order valence-electron chi connectivity index (χ0n) is 24.0. The maximum absolute atomic E-state index is 14.9. The van der Waals surface area contributed by atoms with E-state index in [0.29, 0.717) is 50.4 Å². The van der Waals surface area contributed by atoms with Crippen molar-refractivity contribution in [1.29, 1.82) is 0 Å². The molecule has 9 nitrogen and oxygen atoms in total. The van der Waals surface area contributed by atoms with Crippen LogP contribution in [0.15, 0.2) is 24.5 Å². The molecule has 230 valence electrons. The molecule has 3 aliphatic rings. The standard InChI is InChI=1S/C29H38F4N6O3/c1-3-36-6-8-37(9-7-36)16-21(20-4-5-24(22(30)15-20)42-17-29(31,32)33)28(41)39-12-10-38(11-13-39)27-25-19(2)14-23(40)26(25)34-18-35-27/h4-5,15,18-19,21,23,40H,3,6-14,16-17H2,1-2H3/t19-,21-,23-/m1/s1. The molecule has 1 N–H and O–H groups in total. The molecule has 0 saturated carbocycles. The van der Waals surface area contributed by atoms with Gasteiger partial charge >= 0.3 is 6.18 Å². The van der Waals surface area contributed by atoms with Gasteiger partial charge in [-0.1, -0.05) is 19.9 Å². The number of amides is 1. The van der Waals surface area contributed by atoms with Gasteiger partial charge in [0.05, 0.1) is 17.7 Å². The summed E-state index contributed by atoms with van der Waals surface area (Å²) in [5, 5.41) is 10.4. The van der Waals surface area contributed by atoms with Crippen molar-refractivity contribution >= 4 is 11.7 Å². The second-order valence-electron chi connectivity index (χ2n) is 11.3. The average molecular weight is 595 g/mol. The number of carbonyl (C=O) groups is 1. The zero-order chi connectivity index (χ0) is 30.0. The van der Waals surface area contributed by atoms with Gasteiger partial charge in [0.2, 0.25) is 5.91 Å². The Hall–Kier alpha value is -3.03. The van der Waals surface area contributed by atoms with E-state index in [4.69, 9.17) is 0 Å². The smallest absolute Gasteiger partial charge is 0.422 e. The Morgan fingerprint density at radius 3 is 2.40 bits per heavy atom. The summed E-state index contributed by atoms with van der Waals surface area (Å²) >= 11 is 0. The van der Waals surface area contributed by atoms with Gasteiger partial charge in [-0.25, -0.2) is 14.4 Å². The summed E-state index contributed by atoms with van der Waals surface area (Å²) in [4.78, 5) is 31.2. The van der Waals surface area contributed by atoms with Crippen LogP contribution < -0.4 is 9.64 Å². The van der Waals surface area contributed by atoms with Crippen LogP contribution in [0.1, 0.15) is 55.0 Å². The number of halogens is 4. The number of nitrogens with zero attached hydrogens (tertiary/aromatic N) is 6. The molecule has 2 fully saturated rings. The predicted octanol–water partition coefficient (Wildman–Crippen LogP) is 3.17. The van der Waals surface area contributed by atoms with Crippen molar-refractivity contribution in [3.8, 4) is 5.75 Å². The first-order chi connectivity index (χ1) is 20.0. The number of piperazine rings is 2. The molecule has 13 heteroatoms. The van der Waals surface area contributed by atoms with Gasteiger partial charge in [0.15, 0.2) is 18.2 Å². The molecule has 1 amide bonds. The number of rotatable bonds is 8. The Balaban J connectivity index is 1.31. The maximum Gasteiger partial charge on any atom is 0.422 e. The second kappa shape index (κ2) is 12.7. The van der Waals surface area contributed by atoms with E-state index < -0.39 is 36.4 Å². The number of anilines is 1. The Morgan fingerprint density at radius 2 is 1.76 bits per heavy atom. The van der Waals surface area contributed by atoms with Crippen LogP contribution in [0, 0.1) is 5.82 Å². The van der Waals surface area contributed by atoms with Crippen LogP contribution in [0.25, 0.3) is 0 Å². The fraction of sp³-hybridized carbons (Fsp3) is 0.621. The first-order valence-electron chi connectivity index (χ1n) is 14.5. The molecule has 3 heterocycles. The van der Waals surface area contributed by atoms with E-state index in [1.54, 1.807) is 4.90 Å². The summed E-state index contributed by atoms with van der Waals surface area (Å²) in [6, 6.07) is 3.80. The summed E-state index contributed by atoms with van der Waals surface area (Å²) in [5.41, 5.74) is 2.03. The number of fused-ring (bicyclic) bond motifs is 1. The van der Waals surface area contributed by atoms with E-state index in [-0.39, 0.29) is 11.8 Å². The van der Waals surface area contributed by atoms with Gasteiger partial charge in [-0.15, -0.1) is 0 Å². The molecular weight excluding hydrogens is 556 g/mol. The molecule has 0 bridgehead atoms. The molecule has 0 spiro atoms. The second-order valence-corrected chi connectivity index (χ2v) is 11.3. The van der Waals surface area contributed by atoms with Crippen LogP contribution in [-0.2, 0) is 4.79 Å². The van der Waals surface area contributed by atoms with Gasteiger partial charge in [-0.2, -0.15) is 13.2 Å². The Bertz CT molecular complexity index is 1250. The van der Waals surface area contributed by atoms with E-state index in [1.807, 2.05) is 6.92 Å². The highest BCUT2D eigenvalue weighted by molar-refractivity contribution is 5.84. The number of likely N-dealkylation sites (N-methyl/N-ethyl adjacent to an activating group) is 1. The van der Waals surface area contributed by atoms with Gasteiger partial charge in [-0.05, 0) is 36.6 Å². The normalized spacial score (nSPS) is 22.7. The van der Waals surface area contributed by atoms with Crippen LogP contribution in [0.4, 0.5) is 23.4 Å². The SMILES string of the molecule is CCN1CCN(C[C@@H](C(=O)N2CCN(c3ncnc4c3[C@H](C)C[C@H]4O)CC2)c2ccc(OCC(F)(F)F)c(F)c2)CC1. The fourth-order valence-electron chi connectivity index (χ4n) is 6.20. The van der Waals surface area contributed by atoms with Crippen molar-refractivity contribution in [3.05, 3.63) is 47.2 Å². The van der Waals surface area contributed by atoms with Gasteiger partial charge in [-0.3, -0.25) is 9.69 Å². The minimum absolute atomic E-state index is 0.126. The lowest BCUT2D eigenvalue weighted by Gasteiger charge is -2.40. The number of aliphatic hydroxyl groups excluding tert-OH is 1. The Morgan fingerprint density at radius 1 is 1.07 bits per heavy atom. The summed E-state index contributed by atoms with van der Waals surface area (Å²) in [6.07, 6.45) is -3.12. The van der Waals surface area contributed by atoms with Crippen LogP contribution >= 0.6 is 0 Å². The molecule has 1 aromatic heterocycles. The number of alkyl halides is 3. The maximum atomic E-state index is 14.9. The molecule has 3 atom stereocenters. The third kappa shape index (κ3) is 6.78. The predicted molar refractivity (Wildman–Crippen MR) is 148 cm³/mol. The van der Waals surface area contributed by atoms with E-state index in [2.05, 4.69) is 36.3 Å². The average Bonchev–Trinajstić information content (AvgIpc) is 3.28. The molecule has 2 aliphatic heterocycles. The van der Waals surface area contributed by atoms with E-state index in [1.165, 1.54) is 18.5 Å². The van der Waals surface area contributed by atoms with E-state index >= 15 is 0 Å². The molecule has 1 aromatic carbocycles. The van der Waals surface area contributed by atoms with Crippen molar-refractivity contribution in [2.24, 2.45) is 0 Å². The molecule has 0 radical (unpaired) electrons. The number of aliphatic hydroxyl groups is 1. The first-order valence-corrected chi connectivity index (χ1v) is 14.5. The molecule has 5 rings (SSSR count). The van der Waals surface area contributed by atoms with Crippen LogP contribution in [0.3, 0.4) is 0 Å². The summed E-state index contributed by atoms with van der Waals surface area (Å²) in [5.74, 6) is -1.34. The Labute approximate surface area is 243 Å². The number of ether oxygens (including phenoxy) is 1. The molecule has 1 aliphatic carbocycles. The van der Waals surface area contributed by atoms with Crippen molar-refractivity contribution in [2.75, 3.05) is 77.0 Å². The monoisotopic (exact) mass is 594 g/mol. The van der Waals surface area contributed by atoms with Crippen molar-refractivity contribution in [3.63, 3.8) is 0 Å². The number of aromatic nitrogens is 2. The van der Waals surface area contributed by atoms with Gasteiger partial charge in [0.1, 0.15) is 12.1 Å². The van der Waals surface area contributed by atoms with Crippen LogP contribution in [0.5, 0.6) is 5.75 Å². The molecule has 42 heavy (non-hydrogen) atoms. The number of benzene rings is 1. The van der Waals surface area contributed by atoms with Crippen molar-refractivity contribution in [1.82, 2.24) is 24.7 Å². The first kappa shape index (κ1) is 30.4. The lowest BCUT2D eigenvalue weighted by molar-refractivity contribution is -0.153. The van der Waals surface area contributed by atoms with E-state index in [9.17, 15) is 27.5 Å². The van der Waals surface area contributed by atoms with Crippen LogP contribution in [0.2, 0.25) is 0 Å². The van der Waals surface area contributed by atoms with Crippen molar-refractivity contribution < 1.29 is 32.2 Å². The largest absolute Gasteiger partial charge is 0.481 e. The minimum Gasteiger partial charge on any atom is -0.481 e. The number of hydrogen-bond donors (Lipinski definition) is 1. The number of carbonyl (C=O) groups excluding carboxylic acids is 1. The molecule has 2 aromatic rings. The molecule has 0 unspecified atom stereocenters. The third-order valence-corrected chi connectivity index (χ3v) is 8.57. The highest BCUT2D eigenvalue weighted by Crippen LogP contribution is 2.43.